The Morgan fingerprint density at radius 2 is 2.45 bits per heavy atom. The number of nitro groups is 1. The molecule has 1 aromatic heterocycles. The van der Waals surface area contributed by atoms with Gasteiger partial charge in [-0.25, -0.2) is 4.98 Å². The fraction of sp³-hybridized carbons (Fsp3) is 0.615. The van der Waals surface area contributed by atoms with Gasteiger partial charge < -0.3 is 10.2 Å². The molecule has 1 aliphatic heterocycles. The molecular weight excluding hydrogens is 324 g/mol. The number of pyridine rings is 1. The van der Waals surface area contributed by atoms with Crippen molar-refractivity contribution < 1.29 is 4.92 Å². The molecule has 0 aromatic carbocycles. The first-order valence-electron chi connectivity index (χ1n) is 6.90. The van der Waals surface area contributed by atoms with Crippen LogP contribution in [0.2, 0.25) is 0 Å². The van der Waals surface area contributed by atoms with Crippen LogP contribution in [0.25, 0.3) is 0 Å². The number of anilines is 1. The Morgan fingerprint density at radius 3 is 3.00 bits per heavy atom. The molecule has 0 aliphatic carbocycles. The number of nitrogens with one attached hydrogen (secondary N) is 1. The number of hydrogen-bond donors (Lipinski definition) is 1. The van der Waals surface area contributed by atoms with Crippen molar-refractivity contribution >= 4 is 27.4 Å². The lowest BCUT2D eigenvalue weighted by atomic mass is 10.2. The minimum Gasteiger partial charge on any atom is -0.354 e. The molecule has 2 heterocycles. The van der Waals surface area contributed by atoms with Crippen molar-refractivity contribution in [2.75, 3.05) is 24.5 Å². The second kappa shape index (κ2) is 6.99. The van der Waals surface area contributed by atoms with Crippen molar-refractivity contribution in [3.05, 3.63) is 26.9 Å². The van der Waals surface area contributed by atoms with E-state index < -0.39 is 4.92 Å². The lowest BCUT2D eigenvalue weighted by Gasteiger charge is -2.27. The van der Waals surface area contributed by atoms with Crippen LogP contribution in [0.1, 0.15) is 26.2 Å². The maximum Gasteiger partial charge on any atom is 0.288 e. The number of halogens is 1. The SMILES string of the molecule is CCCN(CC1CCCN1)c1ncc([N+](=O)[O-])cc1Br. The summed E-state index contributed by atoms with van der Waals surface area (Å²) in [6.07, 6.45) is 4.72. The maximum atomic E-state index is 10.8. The van der Waals surface area contributed by atoms with Gasteiger partial charge in [-0.15, -0.1) is 0 Å². The summed E-state index contributed by atoms with van der Waals surface area (Å²) < 4.78 is 0.679. The molecule has 2 rings (SSSR count). The van der Waals surface area contributed by atoms with Crippen molar-refractivity contribution in [2.45, 2.75) is 32.2 Å². The summed E-state index contributed by atoms with van der Waals surface area (Å²) in [5, 5.41) is 14.2. The van der Waals surface area contributed by atoms with E-state index in [1.807, 2.05) is 0 Å². The molecule has 1 saturated heterocycles. The van der Waals surface area contributed by atoms with Gasteiger partial charge in [0.1, 0.15) is 12.0 Å². The highest BCUT2D eigenvalue weighted by molar-refractivity contribution is 9.10. The highest BCUT2D eigenvalue weighted by Gasteiger charge is 2.21. The summed E-state index contributed by atoms with van der Waals surface area (Å²) in [6.45, 7) is 4.96. The van der Waals surface area contributed by atoms with E-state index in [9.17, 15) is 10.1 Å². The summed E-state index contributed by atoms with van der Waals surface area (Å²) >= 11 is 3.41. The number of nitrogens with zero attached hydrogens (tertiary/aromatic N) is 3. The molecule has 0 radical (unpaired) electrons. The molecule has 1 unspecified atom stereocenters. The zero-order chi connectivity index (χ0) is 14.5. The van der Waals surface area contributed by atoms with Crippen molar-refractivity contribution in [3.63, 3.8) is 0 Å². The van der Waals surface area contributed by atoms with Crippen molar-refractivity contribution in [1.29, 1.82) is 0 Å². The highest BCUT2D eigenvalue weighted by atomic mass is 79.9. The van der Waals surface area contributed by atoms with Crippen molar-refractivity contribution in [1.82, 2.24) is 10.3 Å². The van der Waals surface area contributed by atoms with Gasteiger partial charge in [0, 0.05) is 25.2 Å². The van der Waals surface area contributed by atoms with Crippen LogP contribution in [0.3, 0.4) is 0 Å². The Labute approximate surface area is 126 Å². The van der Waals surface area contributed by atoms with Gasteiger partial charge in [0.15, 0.2) is 0 Å². The smallest absolute Gasteiger partial charge is 0.288 e. The standard InChI is InChI=1S/C13H19BrN4O2/c1-2-6-17(9-10-4-3-5-15-10)13-12(14)7-11(8-16-13)18(19)20/h7-8,10,15H,2-6,9H2,1H3. The second-order valence-corrected chi connectivity index (χ2v) is 5.85. The largest absolute Gasteiger partial charge is 0.354 e. The minimum absolute atomic E-state index is 0.0102. The molecule has 20 heavy (non-hydrogen) atoms. The Morgan fingerprint density at radius 1 is 1.65 bits per heavy atom. The van der Waals surface area contributed by atoms with E-state index in [4.69, 9.17) is 0 Å². The zero-order valence-electron chi connectivity index (χ0n) is 11.5. The highest BCUT2D eigenvalue weighted by Crippen LogP contribution is 2.28. The Bertz CT molecular complexity index is 477. The third kappa shape index (κ3) is 3.67. The molecule has 1 aliphatic rings. The molecule has 1 N–H and O–H groups in total. The first-order valence-corrected chi connectivity index (χ1v) is 7.69. The Kier molecular flexibility index (Phi) is 5.31. The van der Waals surface area contributed by atoms with E-state index >= 15 is 0 Å². The summed E-state index contributed by atoms with van der Waals surface area (Å²) in [5.41, 5.74) is 0.0102. The van der Waals surface area contributed by atoms with E-state index in [1.54, 1.807) is 0 Å². The molecule has 0 saturated carbocycles. The van der Waals surface area contributed by atoms with Gasteiger partial charge in [0.05, 0.1) is 9.40 Å². The van der Waals surface area contributed by atoms with Crippen LogP contribution in [0, 0.1) is 10.1 Å². The quantitative estimate of drug-likeness (QED) is 0.635. The van der Waals surface area contributed by atoms with Gasteiger partial charge in [-0.1, -0.05) is 6.92 Å². The molecule has 1 atom stereocenters. The molecule has 7 heteroatoms. The summed E-state index contributed by atoms with van der Waals surface area (Å²) in [6, 6.07) is 2.00. The van der Waals surface area contributed by atoms with E-state index in [0.717, 1.165) is 31.9 Å². The predicted molar refractivity (Wildman–Crippen MR) is 82.1 cm³/mol. The van der Waals surface area contributed by atoms with Gasteiger partial charge in [-0.3, -0.25) is 10.1 Å². The molecule has 0 amide bonds. The molecule has 6 nitrogen and oxygen atoms in total. The van der Waals surface area contributed by atoms with Crippen LogP contribution in [-0.4, -0.2) is 35.6 Å². The third-order valence-corrected chi connectivity index (χ3v) is 4.00. The van der Waals surface area contributed by atoms with Gasteiger partial charge in [-0.05, 0) is 41.7 Å². The fourth-order valence-electron chi connectivity index (χ4n) is 2.49. The van der Waals surface area contributed by atoms with E-state index in [2.05, 4.69) is 38.1 Å². The third-order valence-electron chi connectivity index (χ3n) is 3.41. The van der Waals surface area contributed by atoms with E-state index in [-0.39, 0.29) is 5.69 Å². The van der Waals surface area contributed by atoms with E-state index in [1.165, 1.54) is 25.1 Å². The number of aromatic nitrogens is 1. The number of rotatable bonds is 6. The average Bonchev–Trinajstić information content (AvgIpc) is 2.91. The summed E-state index contributed by atoms with van der Waals surface area (Å²) in [5.74, 6) is 0.783. The van der Waals surface area contributed by atoms with Crippen LogP contribution >= 0.6 is 15.9 Å². The summed E-state index contributed by atoms with van der Waals surface area (Å²) in [7, 11) is 0. The van der Waals surface area contributed by atoms with Gasteiger partial charge in [0.25, 0.3) is 5.69 Å². The lowest BCUT2D eigenvalue weighted by Crippen LogP contribution is -2.38. The van der Waals surface area contributed by atoms with Crippen molar-refractivity contribution in [3.8, 4) is 0 Å². The van der Waals surface area contributed by atoms with Crippen LogP contribution in [0.4, 0.5) is 11.5 Å². The van der Waals surface area contributed by atoms with Crippen LogP contribution in [-0.2, 0) is 0 Å². The molecule has 1 fully saturated rings. The second-order valence-electron chi connectivity index (χ2n) is 5.00. The molecular formula is C13H19BrN4O2. The first kappa shape index (κ1) is 15.2. The van der Waals surface area contributed by atoms with Crippen LogP contribution in [0.5, 0.6) is 0 Å². The monoisotopic (exact) mass is 342 g/mol. The Hall–Kier alpha value is -1.21. The molecule has 110 valence electrons. The molecule has 0 spiro atoms. The topological polar surface area (TPSA) is 71.3 Å². The van der Waals surface area contributed by atoms with Crippen molar-refractivity contribution in [2.24, 2.45) is 0 Å². The normalized spacial score (nSPS) is 18.2. The lowest BCUT2D eigenvalue weighted by molar-refractivity contribution is -0.385. The van der Waals surface area contributed by atoms with Gasteiger partial charge in [-0.2, -0.15) is 0 Å². The summed E-state index contributed by atoms with van der Waals surface area (Å²) in [4.78, 5) is 16.8. The first-order chi connectivity index (χ1) is 9.61. The fourth-order valence-corrected chi connectivity index (χ4v) is 3.07. The minimum atomic E-state index is -0.426. The van der Waals surface area contributed by atoms with Crippen LogP contribution in [0.15, 0.2) is 16.7 Å². The van der Waals surface area contributed by atoms with Crippen LogP contribution < -0.4 is 10.2 Å². The van der Waals surface area contributed by atoms with Gasteiger partial charge >= 0.3 is 0 Å². The number of hydrogen-bond acceptors (Lipinski definition) is 5. The average molecular weight is 343 g/mol. The molecule has 0 bridgehead atoms. The predicted octanol–water partition coefficient (Wildman–Crippen LogP) is 2.72. The van der Waals surface area contributed by atoms with E-state index in [0.29, 0.717) is 10.5 Å². The van der Waals surface area contributed by atoms with Gasteiger partial charge in [0.2, 0.25) is 0 Å². The Balaban J connectivity index is 2.17. The zero-order valence-corrected chi connectivity index (χ0v) is 13.1. The molecule has 1 aromatic rings. The maximum absolute atomic E-state index is 10.8.